The van der Waals surface area contributed by atoms with Crippen molar-refractivity contribution in [2.24, 2.45) is 0 Å². The number of aromatic nitrogens is 3. The van der Waals surface area contributed by atoms with Crippen molar-refractivity contribution in [2.45, 2.75) is 12.8 Å². The first-order valence-corrected chi connectivity index (χ1v) is 11.6. The summed E-state index contributed by atoms with van der Waals surface area (Å²) in [6, 6.07) is 12.0. The SMILES string of the molecule is CN1CCN(c2ncc(-c3cc(-c4ccc5c(c4)CCC5=O)c(-c4ccncc4)o3)cn2)CC1. The summed E-state index contributed by atoms with van der Waals surface area (Å²) in [6.45, 7) is 3.87. The second kappa shape index (κ2) is 8.50. The van der Waals surface area contributed by atoms with Crippen LogP contribution in [0.3, 0.4) is 0 Å². The number of hydrogen-bond acceptors (Lipinski definition) is 7. The second-order valence-corrected chi connectivity index (χ2v) is 8.95. The average molecular weight is 452 g/mol. The molecule has 2 aliphatic rings. The van der Waals surface area contributed by atoms with E-state index in [4.69, 9.17) is 4.42 Å². The monoisotopic (exact) mass is 451 g/mol. The van der Waals surface area contributed by atoms with Gasteiger partial charge in [0.15, 0.2) is 5.78 Å². The van der Waals surface area contributed by atoms with Crippen molar-refractivity contribution in [3.05, 3.63) is 72.3 Å². The molecule has 0 saturated carbocycles. The number of aryl methyl sites for hydroxylation is 1. The van der Waals surface area contributed by atoms with Gasteiger partial charge in [0, 0.05) is 74.1 Å². The third-order valence-electron chi connectivity index (χ3n) is 6.72. The van der Waals surface area contributed by atoms with Crippen molar-refractivity contribution in [1.29, 1.82) is 0 Å². The number of hydrogen-bond donors (Lipinski definition) is 0. The van der Waals surface area contributed by atoms with Gasteiger partial charge in [-0.25, -0.2) is 9.97 Å². The molecule has 0 bridgehead atoms. The zero-order valence-electron chi connectivity index (χ0n) is 19.1. The van der Waals surface area contributed by atoms with Crippen molar-refractivity contribution in [1.82, 2.24) is 19.9 Å². The Morgan fingerprint density at radius 1 is 0.824 bits per heavy atom. The average Bonchev–Trinajstić information content (AvgIpc) is 3.49. The highest BCUT2D eigenvalue weighted by Gasteiger charge is 2.23. The van der Waals surface area contributed by atoms with E-state index in [1.54, 1.807) is 12.4 Å². The molecule has 170 valence electrons. The Morgan fingerprint density at radius 2 is 1.59 bits per heavy atom. The van der Waals surface area contributed by atoms with Crippen molar-refractivity contribution < 1.29 is 9.21 Å². The number of carbonyl (C=O) groups excluding carboxylic acids is 1. The number of anilines is 1. The van der Waals surface area contributed by atoms with Crippen LogP contribution in [0.2, 0.25) is 0 Å². The van der Waals surface area contributed by atoms with Crippen LogP contribution in [0.4, 0.5) is 5.95 Å². The minimum absolute atomic E-state index is 0.223. The second-order valence-electron chi connectivity index (χ2n) is 8.95. The first-order chi connectivity index (χ1) is 16.7. The Labute approximate surface area is 198 Å². The fourth-order valence-corrected chi connectivity index (χ4v) is 4.71. The quantitative estimate of drug-likeness (QED) is 0.457. The number of pyridine rings is 1. The van der Waals surface area contributed by atoms with Crippen LogP contribution in [0.1, 0.15) is 22.3 Å². The molecule has 0 amide bonds. The van der Waals surface area contributed by atoms with E-state index in [9.17, 15) is 4.79 Å². The number of likely N-dealkylation sites (N-methyl/N-ethyl adjacent to an activating group) is 1. The van der Waals surface area contributed by atoms with Crippen LogP contribution in [-0.4, -0.2) is 58.9 Å². The molecule has 0 radical (unpaired) electrons. The van der Waals surface area contributed by atoms with Gasteiger partial charge >= 0.3 is 0 Å². The standard InChI is InChI=1S/C27H25N5O2/c1-31-10-12-32(13-11-31)27-29-16-21(17-30-27)25-15-23(26(34-25)18-6-8-28-9-7-18)20-2-4-22-19(14-20)3-5-24(22)33/h2,4,6-9,14-17H,3,5,10-13H2,1H3. The summed E-state index contributed by atoms with van der Waals surface area (Å²) in [4.78, 5) is 30.0. The molecule has 0 N–H and O–H groups in total. The first-order valence-electron chi connectivity index (χ1n) is 11.6. The molecule has 34 heavy (non-hydrogen) atoms. The Bertz CT molecular complexity index is 1340. The molecular formula is C27H25N5O2. The maximum atomic E-state index is 12.1. The lowest BCUT2D eigenvalue weighted by molar-refractivity contribution is 0.0994. The summed E-state index contributed by atoms with van der Waals surface area (Å²) in [6.07, 6.45) is 8.57. The fraction of sp³-hybridized carbons (Fsp3) is 0.259. The molecule has 4 aromatic rings. The summed E-state index contributed by atoms with van der Waals surface area (Å²) in [5.41, 5.74) is 5.73. The summed E-state index contributed by atoms with van der Waals surface area (Å²) in [7, 11) is 2.13. The largest absolute Gasteiger partial charge is 0.455 e. The number of benzene rings is 1. The molecule has 1 fully saturated rings. The molecular weight excluding hydrogens is 426 g/mol. The Hall–Kier alpha value is -3.84. The van der Waals surface area contributed by atoms with Crippen LogP contribution < -0.4 is 4.90 Å². The van der Waals surface area contributed by atoms with Gasteiger partial charge in [-0.15, -0.1) is 0 Å². The Morgan fingerprint density at radius 3 is 2.35 bits per heavy atom. The summed E-state index contributed by atoms with van der Waals surface area (Å²) in [5.74, 6) is 2.45. The lowest BCUT2D eigenvalue weighted by Gasteiger charge is -2.32. The summed E-state index contributed by atoms with van der Waals surface area (Å²) >= 11 is 0. The highest BCUT2D eigenvalue weighted by Crippen LogP contribution is 2.40. The van der Waals surface area contributed by atoms with Gasteiger partial charge in [-0.1, -0.05) is 18.2 Å². The van der Waals surface area contributed by atoms with Crippen LogP contribution in [-0.2, 0) is 6.42 Å². The molecule has 0 spiro atoms. The van der Waals surface area contributed by atoms with Crippen molar-refractivity contribution >= 4 is 11.7 Å². The van der Waals surface area contributed by atoms with E-state index in [0.717, 1.165) is 77.7 Å². The van der Waals surface area contributed by atoms with E-state index in [2.05, 4.69) is 37.9 Å². The van der Waals surface area contributed by atoms with Gasteiger partial charge in [-0.3, -0.25) is 9.78 Å². The van der Waals surface area contributed by atoms with Crippen LogP contribution in [0, 0.1) is 0 Å². The molecule has 1 aliphatic carbocycles. The van der Waals surface area contributed by atoms with E-state index in [1.165, 1.54) is 0 Å². The van der Waals surface area contributed by atoms with Crippen LogP contribution in [0.15, 0.2) is 65.6 Å². The molecule has 4 heterocycles. The zero-order chi connectivity index (χ0) is 23.1. The van der Waals surface area contributed by atoms with E-state index in [0.29, 0.717) is 12.2 Å². The topological polar surface area (TPSA) is 75.4 Å². The van der Waals surface area contributed by atoms with E-state index < -0.39 is 0 Å². The molecule has 7 heteroatoms. The normalized spacial score (nSPS) is 16.1. The first kappa shape index (κ1) is 20.7. The molecule has 1 aliphatic heterocycles. The van der Waals surface area contributed by atoms with E-state index in [1.807, 2.05) is 42.7 Å². The third kappa shape index (κ3) is 3.78. The number of fused-ring (bicyclic) bond motifs is 1. The van der Waals surface area contributed by atoms with Crippen LogP contribution in [0.25, 0.3) is 33.8 Å². The summed E-state index contributed by atoms with van der Waals surface area (Å²) in [5, 5.41) is 0. The number of nitrogens with zero attached hydrogens (tertiary/aromatic N) is 5. The lowest BCUT2D eigenvalue weighted by Crippen LogP contribution is -2.45. The Balaban J connectivity index is 1.38. The summed E-state index contributed by atoms with van der Waals surface area (Å²) < 4.78 is 6.39. The molecule has 7 nitrogen and oxygen atoms in total. The van der Waals surface area contributed by atoms with E-state index >= 15 is 0 Å². The maximum Gasteiger partial charge on any atom is 0.225 e. The number of piperazine rings is 1. The molecule has 6 rings (SSSR count). The predicted molar refractivity (Wildman–Crippen MR) is 131 cm³/mol. The molecule has 0 atom stereocenters. The molecule has 0 unspecified atom stereocenters. The van der Waals surface area contributed by atoms with Gasteiger partial charge in [-0.2, -0.15) is 0 Å². The van der Waals surface area contributed by atoms with Crippen molar-refractivity contribution in [3.8, 4) is 33.8 Å². The fourth-order valence-electron chi connectivity index (χ4n) is 4.71. The smallest absolute Gasteiger partial charge is 0.225 e. The van der Waals surface area contributed by atoms with Gasteiger partial charge in [0.05, 0.1) is 5.56 Å². The zero-order valence-corrected chi connectivity index (χ0v) is 19.1. The minimum Gasteiger partial charge on any atom is -0.455 e. The van der Waals surface area contributed by atoms with Crippen LogP contribution in [0.5, 0.6) is 0 Å². The lowest BCUT2D eigenvalue weighted by atomic mass is 9.98. The van der Waals surface area contributed by atoms with E-state index in [-0.39, 0.29) is 5.78 Å². The highest BCUT2D eigenvalue weighted by atomic mass is 16.3. The number of Topliss-reactive ketones (excluding diaryl/α,β-unsaturated/α-hetero) is 1. The highest BCUT2D eigenvalue weighted by molar-refractivity contribution is 6.01. The van der Waals surface area contributed by atoms with Gasteiger partial charge in [0.2, 0.25) is 5.95 Å². The number of ketones is 1. The number of furan rings is 1. The number of rotatable bonds is 4. The van der Waals surface area contributed by atoms with Crippen molar-refractivity contribution in [2.75, 3.05) is 38.1 Å². The molecule has 3 aromatic heterocycles. The van der Waals surface area contributed by atoms with Gasteiger partial charge in [0.1, 0.15) is 11.5 Å². The number of carbonyl (C=O) groups is 1. The van der Waals surface area contributed by atoms with Gasteiger partial charge in [-0.05, 0) is 42.8 Å². The maximum absolute atomic E-state index is 12.1. The van der Waals surface area contributed by atoms with Gasteiger partial charge < -0.3 is 14.2 Å². The Kier molecular flexibility index (Phi) is 5.19. The van der Waals surface area contributed by atoms with Crippen molar-refractivity contribution in [3.63, 3.8) is 0 Å². The van der Waals surface area contributed by atoms with Gasteiger partial charge in [0.25, 0.3) is 0 Å². The predicted octanol–water partition coefficient (Wildman–Crippen LogP) is 4.35. The van der Waals surface area contributed by atoms with Crippen LogP contribution >= 0.6 is 0 Å². The minimum atomic E-state index is 0.223. The molecule has 1 saturated heterocycles. The third-order valence-corrected chi connectivity index (χ3v) is 6.72. The molecule has 1 aromatic carbocycles.